The van der Waals surface area contributed by atoms with E-state index in [0.29, 0.717) is 6.42 Å². The zero-order chi connectivity index (χ0) is 11.7. The molecule has 0 heterocycles. The van der Waals surface area contributed by atoms with Gasteiger partial charge in [0.25, 0.3) is 0 Å². The maximum atomic E-state index is 11.2. The van der Waals surface area contributed by atoms with Gasteiger partial charge in [-0.1, -0.05) is 6.07 Å². The highest BCUT2D eigenvalue weighted by Gasteiger charge is 2.41. The molecule has 0 saturated heterocycles. The Morgan fingerprint density at radius 1 is 1.19 bits per heavy atom. The van der Waals surface area contributed by atoms with Gasteiger partial charge < -0.3 is 9.47 Å². The van der Waals surface area contributed by atoms with Gasteiger partial charge in [-0.3, -0.25) is 4.79 Å². The van der Waals surface area contributed by atoms with Crippen LogP contribution in [0.5, 0.6) is 5.75 Å². The quantitative estimate of drug-likeness (QED) is 0.782. The molecule has 1 aromatic carbocycles. The molecule has 0 spiro atoms. The van der Waals surface area contributed by atoms with Crippen LogP contribution in [0.1, 0.15) is 17.5 Å². The normalized spacial score (nSPS) is 24.1. The smallest absolute Gasteiger partial charge is 0.169 e. The Balaban J connectivity index is 2.07. The van der Waals surface area contributed by atoms with Crippen molar-refractivity contribution in [1.82, 2.24) is 0 Å². The molecule has 0 bridgehead atoms. The summed E-state index contributed by atoms with van der Waals surface area (Å²) >= 11 is 0. The molecular formula is C13H16O3. The van der Waals surface area contributed by atoms with Crippen LogP contribution in [0.4, 0.5) is 0 Å². The molecular weight excluding hydrogens is 204 g/mol. The summed E-state index contributed by atoms with van der Waals surface area (Å²) in [5.74, 6) is 0.939. The average Bonchev–Trinajstić information content (AvgIpc) is 2.15. The lowest BCUT2D eigenvalue weighted by Gasteiger charge is -2.33. The maximum Gasteiger partial charge on any atom is 0.169 e. The molecule has 0 N–H and O–H groups in total. The van der Waals surface area contributed by atoms with E-state index < -0.39 is 0 Å². The third-order valence-electron chi connectivity index (χ3n) is 2.79. The first-order valence-electron chi connectivity index (χ1n) is 5.40. The molecule has 0 aromatic heterocycles. The fraction of sp³-hybridized carbons (Fsp3) is 0.462. The van der Waals surface area contributed by atoms with E-state index in [1.807, 2.05) is 26.0 Å². The van der Waals surface area contributed by atoms with Crippen LogP contribution in [0.3, 0.4) is 0 Å². The van der Waals surface area contributed by atoms with Crippen LogP contribution in [-0.2, 0) is 9.53 Å². The van der Waals surface area contributed by atoms with E-state index in [1.165, 1.54) is 0 Å². The van der Waals surface area contributed by atoms with Gasteiger partial charge in [0.1, 0.15) is 11.9 Å². The SMILES string of the molecule is COC1C(=O)CC1Oc1cc(C)cc(C)c1. The molecule has 1 aromatic rings. The molecule has 2 rings (SSSR count). The van der Waals surface area contributed by atoms with Crippen molar-refractivity contribution in [3.63, 3.8) is 0 Å². The van der Waals surface area contributed by atoms with Crippen molar-refractivity contribution in [2.45, 2.75) is 32.5 Å². The number of ketones is 1. The number of carbonyl (C=O) groups excluding carboxylic acids is 1. The van der Waals surface area contributed by atoms with E-state index in [4.69, 9.17) is 9.47 Å². The largest absolute Gasteiger partial charge is 0.487 e. The maximum absolute atomic E-state index is 11.2. The lowest BCUT2D eigenvalue weighted by atomic mass is 9.90. The number of hydrogen-bond donors (Lipinski definition) is 0. The first-order chi connectivity index (χ1) is 7.60. The number of aryl methyl sites for hydroxylation is 2. The van der Waals surface area contributed by atoms with E-state index >= 15 is 0 Å². The van der Waals surface area contributed by atoms with Gasteiger partial charge in [0, 0.05) is 13.5 Å². The molecule has 2 atom stereocenters. The number of ether oxygens (including phenoxy) is 2. The fourth-order valence-electron chi connectivity index (χ4n) is 2.03. The van der Waals surface area contributed by atoms with E-state index in [2.05, 4.69) is 6.07 Å². The summed E-state index contributed by atoms with van der Waals surface area (Å²) < 4.78 is 10.8. The zero-order valence-electron chi connectivity index (χ0n) is 9.82. The van der Waals surface area contributed by atoms with Gasteiger partial charge in [0.05, 0.1) is 0 Å². The summed E-state index contributed by atoms with van der Waals surface area (Å²) in [5.41, 5.74) is 2.32. The van der Waals surface area contributed by atoms with Crippen LogP contribution in [0.2, 0.25) is 0 Å². The Hall–Kier alpha value is -1.35. The minimum atomic E-state index is -0.388. The van der Waals surface area contributed by atoms with E-state index in [1.54, 1.807) is 7.11 Å². The minimum Gasteiger partial charge on any atom is -0.487 e. The molecule has 1 aliphatic carbocycles. The third kappa shape index (κ3) is 2.09. The first-order valence-corrected chi connectivity index (χ1v) is 5.40. The van der Waals surface area contributed by atoms with Crippen molar-refractivity contribution < 1.29 is 14.3 Å². The van der Waals surface area contributed by atoms with Crippen molar-refractivity contribution in [2.75, 3.05) is 7.11 Å². The number of benzene rings is 1. The summed E-state index contributed by atoms with van der Waals surface area (Å²) in [5, 5.41) is 0. The van der Waals surface area contributed by atoms with Gasteiger partial charge in [0.15, 0.2) is 11.9 Å². The van der Waals surface area contributed by atoms with Gasteiger partial charge in [-0.05, 0) is 37.1 Å². The Kier molecular flexibility index (Phi) is 2.97. The molecule has 86 valence electrons. The second-order valence-electron chi connectivity index (χ2n) is 4.31. The minimum absolute atomic E-state index is 0.122. The number of Topliss-reactive ketones (excluding diaryl/α,β-unsaturated/α-hetero) is 1. The molecule has 16 heavy (non-hydrogen) atoms. The zero-order valence-corrected chi connectivity index (χ0v) is 9.82. The highest BCUT2D eigenvalue weighted by molar-refractivity contribution is 5.90. The second-order valence-corrected chi connectivity index (χ2v) is 4.31. The van der Waals surface area contributed by atoms with Gasteiger partial charge in [-0.25, -0.2) is 0 Å². The summed E-state index contributed by atoms with van der Waals surface area (Å²) in [6, 6.07) is 6.04. The highest BCUT2D eigenvalue weighted by Crippen LogP contribution is 2.26. The van der Waals surface area contributed by atoms with Crippen molar-refractivity contribution in [2.24, 2.45) is 0 Å². The highest BCUT2D eigenvalue weighted by atomic mass is 16.5. The topological polar surface area (TPSA) is 35.5 Å². The summed E-state index contributed by atoms with van der Waals surface area (Å²) in [7, 11) is 1.54. The molecule has 2 unspecified atom stereocenters. The van der Waals surface area contributed by atoms with Crippen LogP contribution in [-0.4, -0.2) is 25.1 Å². The van der Waals surface area contributed by atoms with Gasteiger partial charge in [-0.2, -0.15) is 0 Å². The standard InChI is InChI=1S/C13H16O3/c1-8-4-9(2)6-10(5-8)16-12-7-11(14)13(12)15-3/h4-6,12-13H,7H2,1-3H3. The van der Waals surface area contributed by atoms with Crippen LogP contribution >= 0.6 is 0 Å². The Morgan fingerprint density at radius 2 is 1.81 bits per heavy atom. The third-order valence-corrected chi connectivity index (χ3v) is 2.79. The molecule has 3 nitrogen and oxygen atoms in total. The Morgan fingerprint density at radius 3 is 2.31 bits per heavy atom. The number of methoxy groups -OCH3 is 1. The molecule has 1 aliphatic rings. The van der Waals surface area contributed by atoms with Crippen molar-refractivity contribution in [3.8, 4) is 5.75 Å². The van der Waals surface area contributed by atoms with Crippen molar-refractivity contribution in [3.05, 3.63) is 29.3 Å². The first kappa shape index (κ1) is 11.1. The molecule has 0 radical (unpaired) electrons. The van der Waals surface area contributed by atoms with E-state index in [9.17, 15) is 4.79 Å². The molecule has 3 heteroatoms. The monoisotopic (exact) mass is 220 g/mol. The predicted octanol–water partition coefficient (Wildman–Crippen LogP) is 2.04. The van der Waals surface area contributed by atoms with Crippen LogP contribution in [0, 0.1) is 13.8 Å². The van der Waals surface area contributed by atoms with Crippen LogP contribution in [0.15, 0.2) is 18.2 Å². The summed E-state index contributed by atoms with van der Waals surface area (Å²) in [6.45, 7) is 4.05. The number of hydrogen-bond acceptors (Lipinski definition) is 3. The summed E-state index contributed by atoms with van der Waals surface area (Å²) in [4.78, 5) is 11.2. The lowest BCUT2D eigenvalue weighted by molar-refractivity contribution is -0.150. The number of rotatable bonds is 3. The van der Waals surface area contributed by atoms with Crippen molar-refractivity contribution >= 4 is 5.78 Å². The molecule has 1 saturated carbocycles. The molecule has 1 fully saturated rings. The number of carbonyl (C=O) groups is 1. The van der Waals surface area contributed by atoms with E-state index in [-0.39, 0.29) is 18.0 Å². The average molecular weight is 220 g/mol. The fourth-order valence-corrected chi connectivity index (χ4v) is 2.03. The van der Waals surface area contributed by atoms with Crippen molar-refractivity contribution in [1.29, 1.82) is 0 Å². The van der Waals surface area contributed by atoms with Gasteiger partial charge >= 0.3 is 0 Å². The second kappa shape index (κ2) is 4.26. The predicted molar refractivity (Wildman–Crippen MR) is 60.8 cm³/mol. The van der Waals surface area contributed by atoms with Crippen LogP contribution in [0.25, 0.3) is 0 Å². The van der Waals surface area contributed by atoms with Gasteiger partial charge in [0.2, 0.25) is 0 Å². The Labute approximate surface area is 95.4 Å². The lowest BCUT2D eigenvalue weighted by Crippen LogP contribution is -2.51. The van der Waals surface area contributed by atoms with Gasteiger partial charge in [-0.15, -0.1) is 0 Å². The summed E-state index contributed by atoms with van der Waals surface area (Å²) in [6.07, 6.45) is -0.0644. The molecule has 0 amide bonds. The molecule has 0 aliphatic heterocycles. The Bertz CT molecular complexity index is 391. The van der Waals surface area contributed by atoms with E-state index in [0.717, 1.165) is 16.9 Å². The van der Waals surface area contributed by atoms with Crippen LogP contribution < -0.4 is 4.74 Å².